The highest BCUT2D eigenvalue weighted by atomic mass is 31.1. The summed E-state index contributed by atoms with van der Waals surface area (Å²) in [7, 11) is -0.496. The largest absolute Gasteiger partial charge is 0.697 e. The van der Waals surface area contributed by atoms with Gasteiger partial charge in [0.2, 0.25) is 0 Å². The van der Waals surface area contributed by atoms with E-state index in [2.05, 4.69) is 10.3 Å². The van der Waals surface area contributed by atoms with Crippen molar-refractivity contribution in [2.24, 2.45) is 0 Å². The third kappa shape index (κ3) is 8.98. The number of aromatic nitrogens is 2. The van der Waals surface area contributed by atoms with E-state index in [1.54, 1.807) is 85.8 Å². The molecule has 5 aromatic rings. The number of amides is 1. The molecule has 1 aliphatic heterocycles. The van der Waals surface area contributed by atoms with Crippen LogP contribution >= 0.6 is 8.25 Å². The summed E-state index contributed by atoms with van der Waals surface area (Å²) in [6.45, 7) is 0.232. The molecular formula is C41H41N3O13P+. The number of anilines is 1. The Morgan fingerprint density at radius 1 is 0.879 bits per heavy atom. The van der Waals surface area contributed by atoms with E-state index in [4.69, 9.17) is 32.9 Å². The molecule has 1 amide bonds. The first-order valence-corrected chi connectivity index (χ1v) is 19.1. The van der Waals surface area contributed by atoms with Crippen molar-refractivity contribution in [1.82, 2.24) is 9.55 Å². The van der Waals surface area contributed by atoms with Gasteiger partial charge in [0.25, 0.3) is 11.7 Å². The Morgan fingerprint density at radius 3 is 1.98 bits per heavy atom. The van der Waals surface area contributed by atoms with Crippen molar-refractivity contribution in [2.45, 2.75) is 36.7 Å². The Labute approximate surface area is 333 Å². The molecule has 3 N–H and O–H groups in total. The molecule has 16 nitrogen and oxygen atoms in total. The Bertz CT molecular complexity index is 2190. The summed E-state index contributed by atoms with van der Waals surface area (Å²) < 4.78 is 53.5. The molecule has 1 unspecified atom stereocenters. The summed E-state index contributed by atoms with van der Waals surface area (Å²) >= 11 is 0. The maximum Gasteiger partial charge on any atom is 0.697 e. The minimum absolute atomic E-state index is 0.00432. The van der Waals surface area contributed by atoms with E-state index in [1.807, 2.05) is 30.3 Å². The van der Waals surface area contributed by atoms with Crippen molar-refractivity contribution in [3.8, 4) is 11.5 Å². The first-order chi connectivity index (χ1) is 28.0. The van der Waals surface area contributed by atoms with E-state index in [-0.39, 0.29) is 12.4 Å². The van der Waals surface area contributed by atoms with Crippen LogP contribution in [0.25, 0.3) is 0 Å². The molecule has 58 heavy (non-hydrogen) atoms. The number of nitrogens with zero attached hydrogens (tertiary/aromatic N) is 2. The van der Waals surface area contributed by atoms with Gasteiger partial charge in [-0.05, 0) is 66.1 Å². The predicted molar refractivity (Wildman–Crippen MR) is 207 cm³/mol. The lowest BCUT2D eigenvalue weighted by Crippen LogP contribution is -2.53. The highest BCUT2D eigenvalue weighted by molar-refractivity contribution is 7.32. The zero-order valence-electron chi connectivity index (χ0n) is 31.6. The third-order valence-electron chi connectivity index (χ3n) is 9.35. The predicted octanol–water partition coefficient (Wildman–Crippen LogP) is 4.72. The van der Waals surface area contributed by atoms with Crippen molar-refractivity contribution in [3.05, 3.63) is 154 Å². The normalized spacial score (nSPS) is 19.3. The van der Waals surface area contributed by atoms with Gasteiger partial charge >= 0.3 is 19.9 Å². The summed E-state index contributed by atoms with van der Waals surface area (Å²) in [6.07, 6.45) is -3.95. The third-order valence-corrected chi connectivity index (χ3v) is 9.80. The lowest BCUT2D eigenvalue weighted by atomic mass is 9.80. The van der Waals surface area contributed by atoms with Gasteiger partial charge in [0.05, 0.1) is 27.4 Å². The van der Waals surface area contributed by atoms with Gasteiger partial charge in [-0.15, -0.1) is 4.89 Å². The smallest absolute Gasteiger partial charge is 0.497 e. The van der Waals surface area contributed by atoms with Gasteiger partial charge in [0, 0.05) is 16.3 Å². The molecule has 4 aromatic carbocycles. The molecule has 0 saturated carbocycles. The fourth-order valence-electron chi connectivity index (χ4n) is 6.62. The zero-order chi connectivity index (χ0) is 41.3. The van der Waals surface area contributed by atoms with Crippen molar-refractivity contribution >= 4 is 25.9 Å². The maximum atomic E-state index is 13.6. The van der Waals surface area contributed by atoms with Gasteiger partial charge in [0.1, 0.15) is 35.6 Å². The van der Waals surface area contributed by atoms with Gasteiger partial charge in [0.15, 0.2) is 12.3 Å². The van der Waals surface area contributed by atoms with E-state index in [1.165, 1.54) is 26.5 Å². The standard InChI is InChI=1S/C41H40N3O13P/c1-4-53-35(45)26-54-36-38(44-24-23-34(43-39(44)47)42-37(46)27-11-7-5-8-12-27)56-33(41(36,48)57-58(49)50)25-55-40(28-13-9-6-10-14-28,29-15-19-31(51-2)20-16-29)30-17-21-32(52-3)22-18-30/h5-24,33,36,38,48H,4,25-26H2,1-3H3,(H-,42,43,46,47,49,50)/p+1/t33-,36+,38-,41-/m1/s1. The van der Waals surface area contributed by atoms with Crippen LogP contribution < -0.4 is 20.5 Å². The summed E-state index contributed by atoms with van der Waals surface area (Å²) in [4.78, 5) is 53.0. The SMILES string of the molecule is CCOC(=O)CO[C@H]1[C@H](n2ccc(NC(=O)c3ccccc3)nc2=O)O[C@H](COC(c2ccccc2)(c2ccc(OC)cc2)c2ccc(OC)cc2)[C@@]1(O)O[P+](=O)O. The average Bonchev–Trinajstić information content (AvgIpc) is 3.50. The molecule has 1 saturated heterocycles. The lowest BCUT2D eigenvalue weighted by molar-refractivity contribution is -0.234. The van der Waals surface area contributed by atoms with Gasteiger partial charge in [-0.25, -0.2) is 9.59 Å². The van der Waals surface area contributed by atoms with Crippen molar-refractivity contribution < 1.29 is 57.1 Å². The maximum absolute atomic E-state index is 13.6. The van der Waals surface area contributed by atoms with Crippen LogP contribution in [0.15, 0.2) is 126 Å². The number of methoxy groups -OCH3 is 2. The number of ether oxygens (including phenoxy) is 6. The zero-order valence-corrected chi connectivity index (χ0v) is 32.5. The van der Waals surface area contributed by atoms with Crippen LogP contribution in [0.2, 0.25) is 0 Å². The van der Waals surface area contributed by atoms with Crippen LogP contribution in [0.5, 0.6) is 11.5 Å². The van der Waals surface area contributed by atoms with Crippen LogP contribution in [-0.4, -0.2) is 83.5 Å². The number of carbonyl (C=O) groups excluding carboxylic acids is 2. The summed E-state index contributed by atoms with van der Waals surface area (Å²) in [5, 5.41) is 14.9. The Kier molecular flexibility index (Phi) is 13.4. The van der Waals surface area contributed by atoms with Crippen LogP contribution in [-0.2, 0) is 38.4 Å². The van der Waals surface area contributed by atoms with E-state index < -0.39 is 68.9 Å². The molecule has 2 heterocycles. The fraction of sp³-hybridized carbons (Fsp3) is 0.268. The number of aliphatic hydroxyl groups is 1. The molecule has 6 rings (SSSR count). The minimum atomic E-state index is -3.57. The average molecular weight is 815 g/mol. The fourth-order valence-corrected chi connectivity index (χ4v) is 7.09. The molecule has 302 valence electrons. The monoisotopic (exact) mass is 814 g/mol. The molecule has 0 bridgehead atoms. The van der Waals surface area contributed by atoms with Crippen LogP contribution in [0, 0.1) is 0 Å². The first-order valence-electron chi connectivity index (χ1n) is 18.0. The second-order valence-corrected chi connectivity index (χ2v) is 13.4. The number of rotatable bonds is 17. The highest BCUT2D eigenvalue weighted by Gasteiger charge is 2.64. The highest BCUT2D eigenvalue weighted by Crippen LogP contribution is 2.47. The molecule has 1 aliphatic rings. The topological polar surface area (TPSA) is 203 Å². The molecule has 0 radical (unpaired) electrons. The first kappa shape index (κ1) is 41.8. The van der Waals surface area contributed by atoms with Crippen molar-refractivity contribution in [2.75, 3.05) is 39.4 Å². The summed E-state index contributed by atoms with van der Waals surface area (Å²) in [5.74, 6) is -3.18. The summed E-state index contributed by atoms with van der Waals surface area (Å²) in [5.41, 5.74) is -0.253. The molecule has 0 aliphatic carbocycles. The molecular weight excluding hydrogens is 773 g/mol. The Balaban J connectivity index is 1.43. The number of benzene rings is 4. The number of hydrogen-bond donors (Lipinski definition) is 3. The molecule has 5 atom stereocenters. The number of hydrogen-bond acceptors (Lipinski definition) is 13. The van der Waals surface area contributed by atoms with Crippen molar-refractivity contribution in [1.29, 1.82) is 0 Å². The Hall–Kier alpha value is -5.84. The molecule has 0 spiro atoms. The molecule has 1 aromatic heterocycles. The van der Waals surface area contributed by atoms with E-state index >= 15 is 0 Å². The van der Waals surface area contributed by atoms with E-state index in [0.717, 1.165) is 4.57 Å². The summed E-state index contributed by atoms with van der Waals surface area (Å²) in [6, 6.07) is 32.9. The quantitative estimate of drug-likeness (QED) is 0.0504. The van der Waals surface area contributed by atoms with Gasteiger partial charge in [-0.1, -0.05) is 77.3 Å². The minimum Gasteiger partial charge on any atom is -0.497 e. The number of nitrogens with one attached hydrogen (secondary N) is 1. The second-order valence-electron chi connectivity index (χ2n) is 12.8. The second kappa shape index (κ2) is 18.6. The number of esters is 1. The van der Waals surface area contributed by atoms with E-state index in [0.29, 0.717) is 33.8 Å². The van der Waals surface area contributed by atoms with Crippen LogP contribution in [0.1, 0.15) is 40.2 Å². The van der Waals surface area contributed by atoms with Crippen LogP contribution in [0.3, 0.4) is 0 Å². The Morgan fingerprint density at radius 2 is 1.45 bits per heavy atom. The number of carbonyl (C=O) groups is 2. The molecule has 1 fully saturated rings. The van der Waals surface area contributed by atoms with Crippen LogP contribution in [0.4, 0.5) is 5.82 Å². The van der Waals surface area contributed by atoms with Crippen molar-refractivity contribution in [3.63, 3.8) is 0 Å². The molecule has 17 heteroatoms. The van der Waals surface area contributed by atoms with E-state index in [9.17, 15) is 28.9 Å². The lowest BCUT2D eigenvalue weighted by Gasteiger charge is -2.37. The van der Waals surface area contributed by atoms with Gasteiger partial charge in [-0.3, -0.25) is 9.36 Å². The van der Waals surface area contributed by atoms with Gasteiger partial charge < -0.3 is 38.8 Å². The van der Waals surface area contributed by atoms with Gasteiger partial charge in [-0.2, -0.15) is 4.98 Å².